The number of phenolic OH excluding ortho intramolecular Hbond substituents is 1. The fourth-order valence-corrected chi connectivity index (χ4v) is 1.57. The molecule has 0 saturated heterocycles. The molecule has 3 aromatic rings. The molecule has 0 aliphatic heterocycles. The van der Waals surface area contributed by atoms with E-state index in [4.69, 9.17) is 10.3 Å². The van der Waals surface area contributed by atoms with Gasteiger partial charge < -0.3 is 15.4 Å². The molecule has 1 aromatic carbocycles. The van der Waals surface area contributed by atoms with Crippen LogP contribution in [-0.2, 0) is 0 Å². The van der Waals surface area contributed by atoms with Crippen molar-refractivity contribution in [2.45, 2.75) is 0 Å². The predicted octanol–water partition coefficient (Wildman–Crippen LogP) is 1.48. The molecule has 0 saturated carbocycles. The maximum absolute atomic E-state index is 9.85. The van der Waals surface area contributed by atoms with Crippen LogP contribution in [-0.4, -0.2) is 25.2 Å². The third-order valence-corrected chi connectivity index (χ3v) is 2.49. The molecule has 3 N–H and O–H groups in total. The Kier molecular flexibility index (Phi) is 2.57. The average molecular weight is 255 g/mol. The van der Waals surface area contributed by atoms with Gasteiger partial charge in [-0.1, -0.05) is 11.2 Å². The summed E-state index contributed by atoms with van der Waals surface area (Å²) in [6.45, 7) is 0. The maximum atomic E-state index is 9.85. The van der Waals surface area contributed by atoms with Gasteiger partial charge in [0.05, 0.1) is 11.3 Å². The molecule has 7 nitrogen and oxygen atoms in total. The first-order valence-corrected chi connectivity index (χ1v) is 5.44. The van der Waals surface area contributed by atoms with Crippen LogP contribution in [0.5, 0.6) is 5.75 Å². The monoisotopic (exact) mass is 255 g/mol. The van der Waals surface area contributed by atoms with Crippen LogP contribution in [0.3, 0.4) is 0 Å². The van der Waals surface area contributed by atoms with Crippen LogP contribution >= 0.6 is 0 Å². The Balaban J connectivity index is 2.05. The van der Waals surface area contributed by atoms with Gasteiger partial charge >= 0.3 is 0 Å². The molecule has 19 heavy (non-hydrogen) atoms. The zero-order chi connectivity index (χ0) is 13.2. The van der Waals surface area contributed by atoms with E-state index in [1.165, 1.54) is 0 Å². The molecule has 0 spiro atoms. The number of hydrogen-bond acceptors (Lipinski definition) is 7. The van der Waals surface area contributed by atoms with Crippen LogP contribution in [0.1, 0.15) is 0 Å². The molecular weight excluding hydrogens is 246 g/mol. The van der Waals surface area contributed by atoms with Crippen LogP contribution in [0.15, 0.2) is 41.2 Å². The van der Waals surface area contributed by atoms with Gasteiger partial charge in [-0.25, -0.2) is 9.97 Å². The Morgan fingerprint density at radius 2 is 1.84 bits per heavy atom. The number of benzene rings is 1. The van der Waals surface area contributed by atoms with E-state index in [2.05, 4.69) is 20.1 Å². The lowest BCUT2D eigenvalue weighted by Crippen LogP contribution is -1.89. The first-order valence-electron chi connectivity index (χ1n) is 5.44. The second-order valence-electron chi connectivity index (χ2n) is 3.74. The summed E-state index contributed by atoms with van der Waals surface area (Å²) in [4.78, 5) is 12.2. The number of nitrogen functional groups attached to an aromatic ring is 1. The highest BCUT2D eigenvalue weighted by atomic mass is 16.5. The minimum Gasteiger partial charge on any atom is -0.505 e. The SMILES string of the molecule is Nc1cccc(-c2nc(-c3ncccn3)no2)c1O. The van der Waals surface area contributed by atoms with E-state index in [9.17, 15) is 5.11 Å². The van der Waals surface area contributed by atoms with Crippen molar-refractivity contribution < 1.29 is 9.63 Å². The topological polar surface area (TPSA) is 111 Å². The normalized spacial score (nSPS) is 10.5. The molecule has 0 fully saturated rings. The molecule has 0 amide bonds. The molecular formula is C12H9N5O2. The van der Waals surface area contributed by atoms with Crippen LogP contribution in [0, 0.1) is 0 Å². The van der Waals surface area contributed by atoms with E-state index in [0.29, 0.717) is 11.4 Å². The summed E-state index contributed by atoms with van der Waals surface area (Å²) in [5.41, 5.74) is 6.23. The predicted molar refractivity (Wildman–Crippen MR) is 66.8 cm³/mol. The highest BCUT2D eigenvalue weighted by Crippen LogP contribution is 2.33. The smallest absolute Gasteiger partial charge is 0.262 e. The number of anilines is 1. The standard InChI is InChI=1S/C12H9N5O2/c13-8-4-1-3-7(9(8)18)12-16-11(17-19-12)10-14-5-2-6-15-10/h1-6,18H,13H2. The van der Waals surface area contributed by atoms with Gasteiger partial charge in [0.15, 0.2) is 5.75 Å². The van der Waals surface area contributed by atoms with E-state index in [1.54, 1.807) is 36.7 Å². The molecule has 3 rings (SSSR count). The molecule has 0 bridgehead atoms. The number of aromatic nitrogens is 4. The summed E-state index contributed by atoms with van der Waals surface area (Å²) in [6, 6.07) is 6.59. The zero-order valence-electron chi connectivity index (χ0n) is 9.69. The molecule has 7 heteroatoms. The van der Waals surface area contributed by atoms with E-state index >= 15 is 0 Å². The highest BCUT2D eigenvalue weighted by Gasteiger charge is 2.16. The highest BCUT2D eigenvalue weighted by molar-refractivity contribution is 5.72. The van der Waals surface area contributed by atoms with Crippen molar-refractivity contribution in [1.82, 2.24) is 20.1 Å². The number of nitrogens with two attached hydrogens (primary N) is 1. The van der Waals surface area contributed by atoms with Crippen molar-refractivity contribution in [2.24, 2.45) is 0 Å². The van der Waals surface area contributed by atoms with E-state index in [-0.39, 0.29) is 23.2 Å². The van der Waals surface area contributed by atoms with Crippen LogP contribution in [0.2, 0.25) is 0 Å². The number of nitrogens with zero attached hydrogens (tertiary/aromatic N) is 4. The average Bonchev–Trinajstić information content (AvgIpc) is 2.92. The third-order valence-electron chi connectivity index (χ3n) is 2.49. The molecule has 0 aliphatic rings. The Labute approximate surface area is 107 Å². The first kappa shape index (κ1) is 11.1. The van der Waals surface area contributed by atoms with Crippen LogP contribution < -0.4 is 5.73 Å². The first-order chi connectivity index (χ1) is 9.25. The Bertz CT molecular complexity index is 711. The summed E-state index contributed by atoms with van der Waals surface area (Å²) in [5, 5.41) is 13.6. The number of phenols is 1. The summed E-state index contributed by atoms with van der Waals surface area (Å²) in [6.07, 6.45) is 3.16. The van der Waals surface area contributed by atoms with Gasteiger partial charge in [-0.05, 0) is 18.2 Å². The van der Waals surface area contributed by atoms with Gasteiger partial charge in [-0.15, -0.1) is 0 Å². The molecule has 0 aliphatic carbocycles. The van der Waals surface area contributed by atoms with Crippen molar-refractivity contribution >= 4 is 5.69 Å². The van der Waals surface area contributed by atoms with Crippen molar-refractivity contribution in [2.75, 3.05) is 5.73 Å². The van der Waals surface area contributed by atoms with Crippen LogP contribution in [0.4, 0.5) is 5.69 Å². The molecule has 94 valence electrons. The van der Waals surface area contributed by atoms with Crippen LogP contribution in [0.25, 0.3) is 23.1 Å². The molecule has 0 atom stereocenters. The maximum Gasteiger partial charge on any atom is 0.262 e. The Morgan fingerprint density at radius 3 is 2.63 bits per heavy atom. The van der Waals surface area contributed by atoms with E-state index < -0.39 is 0 Å². The van der Waals surface area contributed by atoms with E-state index in [0.717, 1.165) is 0 Å². The number of aromatic hydroxyl groups is 1. The third kappa shape index (κ3) is 1.97. The van der Waals surface area contributed by atoms with Gasteiger partial charge in [0.2, 0.25) is 11.6 Å². The minimum absolute atomic E-state index is 0.0910. The summed E-state index contributed by atoms with van der Waals surface area (Å²) in [7, 11) is 0. The summed E-state index contributed by atoms with van der Waals surface area (Å²) < 4.78 is 5.08. The van der Waals surface area contributed by atoms with Gasteiger partial charge in [0.25, 0.3) is 5.89 Å². The Hall–Kier alpha value is -2.96. The number of rotatable bonds is 2. The van der Waals surface area contributed by atoms with Crippen molar-refractivity contribution in [3.05, 3.63) is 36.7 Å². The summed E-state index contributed by atoms with van der Waals surface area (Å²) in [5.74, 6) is 0.664. The van der Waals surface area contributed by atoms with Gasteiger partial charge in [0, 0.05) is 12.4 Å². The Morgan fingerprint density at radius 1 is 1.05 bits per heavy atom. The molecule has 0 radical (unpaired) electrons. The number of hydrogen-bond donors (Lipinski definition) is 2. The quantitative estimate of drug-likeness (QED) is 0.527. The molecule has 2 aromatic heterocycles. The van der Waals surface area contributed by atoms with E-state index in [1.807, 2.05) is 0 Å². The van der Waals surface area contributed by atoms with Gasteiger partial charge in [-0.3, -0.25) is 0 Å². The minimum atomic E-state index is -0.0910. The number of para-hydroxylation sites is 1. The lowest BCUT2D eigenvalue weighted by atomic mass is 10.2. The lowest BCUT2D eigenvalue weighted by molar-refractivity contribution is 0.426. The van der Waals surface area contributed by atoms with Gasteiger partial charge in [-0.2, -0.15) is 4.98 Å². The fourth-order valence-electron chi connectivity index (χ4n) is 1.57. The largest absolute Gasteiger partial charge is 0.505 e. The fraction of sp³-hybridized carbons (Fsp3) is 0. The van der Waals surface area contributed by atoms with Gasteiger partial charge in [0.1, 0.15) is 0 Å². The van der Waals surface area contributed by atoms with Crippen molar-refractivity contribution in [1.29, 1.82) is 0 Å². The molecule has 2 heterocycles. The lowest BCUT2D eigenvalue weighted by Gasteiger charge is -2.01. The summed E-state index contributed by atoms with van der Waals surface area (Å²) >= 11 is 0. The molecule has 0 unspecified atom stereocenters. The van der Waals surface area contributed by atoms with Crippen molar-refractivity contribution in [3.8, 4) is 28.9 Å². The van der Waals surface area contributed by atoms with Crippen molar-refractivity contribution in [3.63, 3.8) is 0 Å². The zero-order valence-corrected chi connectivity index (χ0v) is 9.69. The second kappa shape index (κ2) is 4.37. The second-order valence-corrected chi connectivity index (χ2v) is 3.74.